The minimum atomic E-state index is -1.32. The van der Waals surface area contributed by atoms with Crippen LogP contribution in [-0.4, -0.2) is 36.6 Å². The van der Waals surface area contributed by atoms with E-state index in [1.54, 1.807) is 20.8 Å². The molecule has 16 heavy (non-hydrogen) atoms. The number of hydrogen-bond acceptors (Lipinski definition) is 5. The minimum Gasteiger partial charge on any atom is -0.467 e. The fraction of sp³-hybridized carbons (Fsp3) is 0.700. The molecule has 0 aliphatic rings. The molecule has 6 nitrogen and oxygen atoms in total. The molecule has 0 saturated heterocycles. The molecule has 1 amide bonds. The van der Waals surface area contributed by atoms with E-state index in [-0.39, 0.29) is 0 Å². The number of methoxy groups -OCH3 is 1. The summed E-state index contributed by atoms with van der Waals surface area (Å²) in [6.45, 7) is 6.20. The average molecular weight is 231 g/mol. The Morgan fingerprint density at radius 1 is 1.19 bits per heavy atom. The molecule has 0 aliphatic carbocycles. The predicted molar refractivity (Wildman–Crippen MR) is 55.9 cm³/mol. The largest absolute Gasteiger partial charge is 0.467 e. The highest BCUT2D eigenvalue weighted by Crippen LogP contribution is 2.07. The van der Waals surface area contributed by atoms with Crippen LogP contribution in [0.25, 0.3) is 0 Å². The number of esters is 1. The standard InChI is InChI=1S/C10H17NO5/c1-6(12)7(8(13)15-5)11-9(14)16-10(2,3)4/h7H,1-5H3,(H,11,14)/t7-/m1/s1. The first kappa shape index (κ1) is 14.4. The molecule has 6 heteroatoms. The fourth-order valence-electron chi connectivity index (χ4n) is 0.870. The van der Waals surface area contributed by atoms with Crippen molar-refractivity contribution in [3.8, 4) is 0 Å². The SMILES string of the molecule is COC(=O)[C@H](NC(=O)OC(C)(C)C)C(C)=O. The molecule has 1 N–H and O–H groups in total. The van der Waals surface area contributed by atoms with Crippen molar-refractivity contribution in [2.75, 3.05) is 7.11 Å². The summed E-state index contributed by atoms with van der Waals surface area (Å²) in [6, 6.07) is -1.32. The van der Waals surface area contributed by atoms with Crippen LogP contribution in [0.15, 0.2) is 0 Å². The maximum absolute atomic E-state index is 11.3. The number of carbonyl (C=O) groups is 3. The molecular weight excluding hydrogens is 214 g/mol. The lowest BCUT2D eigenvalue weighted by Crippen LogP contribution is -2.47. The van der Waals surface area contributed by atoms with Crippen LogP contribution in [0.1, 0.15) is 27.7 Å². The molecule has 0 radical (unpaired) electrons. The second kappa shape index (κ2) is 5.48. The van der Waals surface area contributed by atoms with Crippen molar-refractivity contribution in [3.05, 3.63) is 0 Å². The summed E-state index contributed by atoms with van der Waals surface area (Å²) >= 11 is 0. The van der Waals surface area contributed by atoms with Gasteiger partial charge in [-0.25, -0.2) is 9.59 Å². The maximum atomic E-state index is 11.3. The molecule has 1 atom stereocenters. The highest BCUT2D eigenvalue weighted by atomic mass is 16.6. The van der Waals surface area contributed by atoms with E-state index in [0.717, 1.165) is 7.11 Å². The van der Waals surface area contributed by atoms with Crippen molar-refractivity contribution < 1.29 is 23.9 Å². The number of Topliss-reactive ketones (excluding diaryl/α,β-unsaturated/α-hetero) is 1. The monoisotopic (exact) mass is 231 g/mol. The highest BCUT2D eigenvalue weighted by Gasteiger charge is 2.28. The first-order valence-electron chi connectivity index (χ1n) is 4.75. The molecule has 0 rings (SSSR count). The van der Waals surface area contributed by atoms with Crippen LogP contribution < -0.4 is 5.32 Å². The number of hydrogen-bond donors (Lipinski definition) is 1. The molecule has 0 aromatic heterocycles. The van der Waals surface area contributed by atoms with E-state index < -0.39 is 29.5 Å². The van der Waals surface area contributed by atoms with Crippen molar-refractivity contribution >= 4 is 17.8 Å². The number of ketones is 1. The number of alkyl carbamates (subject to hydrolysis) is 1. The van der Waals surface area contributed by atoms with E-state index in [1.807, 2.05) is 0 Å². The molecule has 92 valence electrons. The van der Waals surface area contributed by atoms with Gasteiger partial charge in [0.1, 0.15) is 5.60 Å². The zero-order chi connectivity index (χ0) is 12.9. The van der Waals surface area contributed by atoms with Gasteiger partial charge in [0.05, 0.1) is 7.11 Å². The molecule has 0 aromatic rings. The number of carbonyl (C=O) groups excluding carboxylic acids is 3. The fourth-order valence-corrected chi connectivity index (χ4v) is 0.870. The second-order valence-corrected chi connectivity index (χ2v) is 4.21. The van der Waals surface area contributed by atoms with Crippen molar-refractivity contribution in [2.45, 2.75) is 39.3 Å². The van der Waals surface area contributed by atoms with Crippen molar-refractivity contribution in [3.63, 3.8) is 0 Å². The van der Waals surface area contributed by atoms with Gasteiger partial charge in [-0.05, 0) is 27.7 Å². The maximum Gasteiger partial charge on any atom is 0.408 e. The van der Waals surface area contributed by atoms with Crippen molar-refractivity contribution in [2.24, 2.45) is 0 Å². The van der Waals surface area contributed by atoms with Gasteiger partial charge in [0.25, 0.3) is 0 Å². The smallest absolute Gasteiger partial charge is 0.408 e. The molecule has 0 fully saturated rings. The Labute approximate surface area is 94.3 Å². The Morgan fingerprint density at radius 2 is 1.69 bits per heavy atom. The van der Waals surface area contributed by atoms with Crippen LogP contribution >= 0.6 is 0 Å². The van der Waals surface area contributed by atoms with E-state index in [1.165, 1.54) is 6.92 Å². The van der Waals surface area contributed by atoms with Gasteiger partial charge >= 0.3 is 12.1 Å². The van der Waals surface area contributed by atoms with Crippen LogP contribution in [0.3, 0.4) is 0 Å². The molecule has 0 aliphatic heterocycles. The summed E-state index contributed by atoms with van der Waals surface area (Å²) < 4.78 is 9.28. The van der Waals surface area contributed by atoms with Gasteiger partial charge in [-0.3, -0.25) is 4.79 Å². The van der Waals surface area contributed by atoms with Crippen LogP contribution in [-0.2, 0) is 19.1 Å². The lowest BCUT2D eigenvalue weighted by Gasteiger charge is -2.21. The van der Waals surface area contributed by atoms with Gasteiger partial charge in [0.15, 0.2) is 11.8 Å². The van der Waals surface area contributed by atoms with Crippen LogP contribution in [0.4, 0.5) is 4.79 Å². The highest BCUT2D eigenvalue weighted by molar-refractivity contribution is 6.04. The first-order chi connectivity index (χ1) is 7.17. The average Bonchev–Trinajstić information content (AvgIpc) is 2.09. The summed E-state index contributed by atoms with van der Waals surface area (Å²) in [5, 5.41) is 2.14. The number of rotatable bonds is 3. The summed E-state index contributed by atoms with van der Waals surface area (Å²) in [4.78, 5) is 33.5. The third kappa shape index (κ3) is 5.33. The third-order valence-corrected chi connectivity index (χ3v) is 1.50. The van der Waals surface area contributed by atoms with Gasteiger partial charge in [-0.15, -0.1) is 0 Å². The molecule has 0 bridgehead atoms. The number of amides is 1. The normalized spacial score (nSPS) is 12.6. The Hall–Kier alpha value is -1.59. The Morgan fingerprint density at radius 3 is 2.00 bits per heavy atom. The van der Waals surface area contributed by atoms with Crippen LogP contribution in [0.5, 0.6) is 0 Å². The van der Waals surface area contributed by atoms with Gasteiger partial charge in [0.2, 0.25) is 0 Å². The molecule has 0 saturated carbocycles. The van der Waals surface area contributed by atoms with Gasteiger partial charge in [-0.1, -0.05) is 0 Å². The van der Waals surface area contributed by atoms with Crippen LogP contribution in [0.2, 0.25) is 0 Å². The predicted octanol–water partition coefficient (Wildman–Crippen LogP) is 0.642. The minimum absolute atomic E-state index is 0.516. The number of ether oxygens (including phenoxy) is 2. The first-order valence-corrected chi connectivity index (χ1v) is 4.75. The van der Waals surface area contributed by atoms with E-state index in [4.69, 9.17) is 4.74 Å². The van der Waals surface area contributed by atoms with Crippen molar-refractivity contribution in [1.82, 2.24) is 5.32 Å². The van der Waals surface area contributed by atoms with Crippen molar-refractivity contribution in [1.29, 1.82) is 0 Å². The summed E-state index contributed by atoms with van der Waals surface area (Å²) in [5.74, 6) is -1.34. The van der Waals surface area contributed by atoms with Crippen LogP contribution in [0, 0.1) is 0 Å². The van der Waals surface area contributed by atoms with E-state index >= 15 is 0 Å². The third-order valence-electron chi connectivity index (χ3n) is 1.50. The van der Waals surface area contributed by atoms with E-state index in [2.05, 4.69) is 10.1 Å². The molecule has 0 aromatic carbocycles. The lowest BCUT2D eigenvalue weighted by atomic mass is 10.2. The lowest BCUT2D eigenvalue weighted by molar-refractivity contribution is -0.146. The zero-order valence-corrected chi connectivity index (χ0v) is 10.1. The van der Waals surface area contributed by atoms with Gasteiger partial charge in [0, 0.05) is 0 Å². The molecular formula is C10H17NO5. The quantitative estimate of drug-likeness (QED) is 0.569. The van der Waals surface area contributed by atoms with Gasteiger partial charge < -0.3 is 14.8 Å². The molecule has 0 unspecified atom stereocenters. The van der Waals surface area contributed by atoms with E-state index in [9.17, 15) is 14.4 Å². The Bertz CT molecular complexity index is 292. The summed E-state index contributed by atoms with van der Waals surface area (Å²) in [5.41, 5.74) is -0.693. The second-order valence-electron chi connectivity index (χ2n) is 4.21. The van der Waals surface area contributed by atoms with Gasteiger partial charge in [-0.2, -0.15) is 0 Å². The molecule has 0 spiro atoms. The molecule has 0 heterocycles. The zero-order valence-electron chi connectivity index (χ0n) is 10.1. The Balaban J connectivity index is 4.48. The summed E-state index contributed by atoms with van der Waals surface area (Å²) in [6.07, 6.45) is -0.835. The van der Waals surface area contributed by atoms with E-state index in [0.29, 0.717) is 0 Å². The number of nitrogens with one attached hydrogen (secondary N) is 1. The summed E-state index contributed by atoms with van der Waals surface area (Å²) in [7, 11) is 1.13. The topological polar surface area (TPSA) is 81.7 Å². The Kier molecular flexibility index (Phi) is 4.94.